The van der Waals surface area contributed by atoms with Gasteiger partial charge in [0.05, 0.1) is 28.8 Å². The fourth-order valence-electron chi connectivity index (χ4n) is 2.22. The Balaban J connectivity index is 1.53. The third-order valence-corrected chi connectivity index (χ3v) is 3.65. The highest BCUT2D eigenvalue weighted by molar-refractivity contribution is 6.32. The van der Waals surface area contributed by atoms with E-state index in [1.165, 1.54) is 0 Å². The van der Waals surface area contributed by atoms with Crippen molar-refractivity contribution in [1.82, 2.24) is 19.9 Å². The molecule has 2 heterocycles. The van der Waals surface area contributed by atoms with Gasteiger partial charge in [0.1, 0.15) is 0 Å². The Bertz CT molecular complexity index is 842. The van der Waals surface area contributed by atoms with Crippen molar-refractivity contribution in [3.63, 3.8) is 0 Å². The molecule has 124 valence electrons. The number of hydrogen-bond donors (Lipinski definition) is 1. The predicted molar refractivity (Wildman–Crippen MR) is 89.2 cm³/mol. The highest BCUT2D eigenvalue weighted by Gasteiger charge is 2.09. The number of nitrogens with one attached hydrogen (secondary N) is 1. The van der Waals surface area contributed by atoms with Gasteiger partial charge in [-0.25, -0.2) is 4.68 Å². The molecule has 3 aromatic rings. The molecule has 1 amide bonds. The third kappa shape index (κ3) is 3.99. The molecule has 0 aliphatic heterocycles. The van der Waals surface area contributed by atoms with Crippen LogP contribution in [-0.2, 0) is 11.2 Å². The molecule has 0 saturated carbocycles. The lowest BCUT2D eigenvalue weighted by atomic mass is 10.2. The number of carbonyl (C=O) groups excluding carboxylic acids is 1. The fraction of sp³-hybridized carbons (Fsp3) is 0.250. The second-order valence-electron chi connectivity index (χ2n) is 5.26. The van der Waals surface area contributed by atoms with E-state index in [-0.39, 0.29) is 5.91 Å². The molecule has 0 fully saturated rings. The molecule has 0 bridgehead atoms. The van der Waals surface area contributed by atoms with Gasteiger partial charge in [-0.15, -0.1) is 0 Å². The van der Waals surface area contributed by atoms with E-state index >= 15 is 0 Å². The Morgan fingerprint density at radius 1 is 1.38 bits per heavy atom. The summed E-state index contributed by atoms with van der Waals surface area (Å²) in [4.78, 5) is 16.1. The summed E-state index contributed by atoms with van der Waals surface area (Å²) in [6, 6.07) is 7.37. The summed E-state index contributed by atoms with van der Waals surface area (Å²) in [6.07, 6.45) is 4.88. The maximum absolute atomic E-state index is 12.0. The summed E-state index contributed by atoms with van der Waals surface area (Å²) < 4.78 is 6.63. The predicted octanol–water partition coefficient (Wildman–Crippen LogP) is 3.18. The molecule has 7 nitrogen and oxygen atoms in total. The molecule has 2 aromatic heterocycles. The number of rotatable bonds is 6. The first-order chi connectivity index (χ1) is 11.6. The van der Waals surface area contributed by atoms with Crippen LogP contribution >= 0.6 is 11.6 Å². The average molecular weight is 346 g/mol. The minimum atomic E-state index is -0.0926. The summed E-state index contributed by atoms with van der Waals surface area (Å²) in [7, 11) is 0. The van der Waals surface area contributed by atoms with Gasteiger partial charge in [-0.3, -0.25) is 4.79 Å². The Morgan fingerprint density at radius 3 is 2.96 bits per heavy atom. The van der Waals surface area contributed by atoms with Crippen molar-refractivity contribution >= 4 is 23.2 Å². The molecule has 0 spiro atoms. The van der Waals surface area contributed by atoms with Gasteiger partial charge in [0, 0.05) is 12.8 Å². The lowest BCUT2D eigenvalue weighted by molar-refractivity contribution is -0.116. The zero-order chi connectivity index (χ0) is 16.9. The normalized spacial score (nSPS) is 10.8. The van der Waals surface area contributed by atoms with Crippen molar-refractivity contribution in [2.75, 3.05) is 5.32 Å². The second-order valence-corrected chi connectivity index (χ2v) is 5.67. The van der Waals surface area contributed by atoms with E-state index in [0.29, 0.717) is 41.7 Å². The molecule has 0 unspecified atom stereocenters. The highest BCUT2D eigenvalue weighted by atomic mass is 35.5. The van der Waals surface area contributed by atoms with E-state index in [0.717, 1.165) is 5.69 Å². The number of para-hydroxylation sites is 1. The summed E-state index contributed by atoms with van der Waals surface area (Å²) in [5.41, 5.74) is 1.37. The Morgan fingerprint density at radius 2 is 2.21 bits per heavy atom. The smallest absolute Gasteiger partial charge is 0.226 e. The van der Waals surface area contributed by atoms with Gasteiger partial charge < -0.3 is 9.84 Å². The number of hydrogen-bond acceptors (Lipinski definition) is 5. The van der Waals surface area contributed by atoms with Crippen LogP contribution in [0.5, 0.6) is 0 Å². The summed E-state index contributed by atoms with van der Waals surface area (Å²) in [5.74, 6) is 1.05. The van der Waals surface area contributed by atoms with Crippen molar-refractivity contribution in [1.29, 1.82) is 0 Å². The number of aryl methyl sites for hydroxylation is 2. The molecule has 0 aliphatic carbocycles. The first kappa shape index (κ1) is 16.2. The highest BCUT2D eigenvalue weighted by Crippen LogP contribution is 2.20. The molecule has 0 aliphatic rings. The maximum Gasteiger partial charge on any atom is 0.226 e. The monoisotopic (exact) mass is 345 g/mol. The Kier molecular flexibility index (Phi) is 4.90. The Labute approximate surface area is 143 Å². The lowest BCUT2D eigenvalue weighted by Gasteiger charge is -2.03. The van der Waals surface area contributed by atoms with Crippen molar-refractivity contribution in [3.05, 3.63) is 53.4 Å². The topological polar surface area (TPSA) is 85.8 Å². The van der Waals surface area contributed by atoms with Crippen molar-refractivity contribution in [2.24, 2.45) is 0 Å². The average Bonchev–Trinajstić information content (AvgIpc) is 3.17. The minimum absolute atomic E-state index is 0.0926. The Hall–Kier alpha value is -2.67. The third-order valence-electron chi connectivity index (χ3n) is 3.33. The molecule has 3 rings (SSSR count). The van der Waals surface area contributed by atoms with Gasteiger partial charge >= 0.3 is 0 Å². The van der Waals surface area contributed by atoms with Crippen molar-refractivity contribution in [3.8, 4) is 5.69 Å². The van der Waals surface area contributed by atoms with Crippen LogP contribution in [0.4, 0.5) is 5.69 Å². The number of nitrogens with zero attached hydrogens (tertiary/aromatic N) is 4. The van der Waals surface area contributed by atoms with Crippen molar-refractivity contribution < 1.29 is 9.32 Å². The number of aromatic nitrogens is 4. The van der Waals surface area contributed by atoms with Gasteiger partial charge in [0.15, 0.2) is 5.82 Å². The fourth-order valence-corrected chi connectivity index (χ4v) is 2.44. The molecule has 1 aromatic carbocycles. The molecule has 1 N–H and O–H groups in total. The van der Waals surface area contributed by atoms with Crippen LogP contribution in [-0.4, -0.2) is 25.8 Å². The first-order valence-corrected chi connectivity index (χ1v) is 7.88. The van der Waals surface area contributed by atoms with Crippen molar-refractivity contribution in [2.45, 2.75) is 26.2 Å². The van der Waals surface area contributed by atoms with E-state index in [2.05, 4.69) is 20.6 Å². The molecule has 0 radical (unpaired) electrons. The molecule has 0 saturated heterocycles. The van der Waals surface area contributed by atoms with Gasteiger partial charge in [-0.05, 0) is 25.5 Å². The number of benzene rings is 1. The van der Waals surface area contributed by atoms with Gasteiger partial charge in [-0.1, -0.05) is 28.9 Å². The van der Waals surface area contributed by atoms with E-state index < -0.39 is 0 Å². The number of amides is 1. The van der Waals surface area contributed by atoms with Crippen LogP contribution in [0.25, 0.3) is 5.69 Å². The van der Waals surface area contributed by atoms with E-state index in [1.54, 1.807) is 30.1 Å². The minimum Gasteiger partial charge on any atom is -0.339 e. The first-order valence-electron chi connectivity index (χ1n) is 7.50. The van der Waals surface area contributed by atoms with Crippen LogP contribution in [0.3, 0.4) is 0 Å². The van der Waals surface area contributed by atoms with E-state index in [9.17, 15) is 4.79 Å². The lowest BCUT2D eigenvalue weighted by Crippen LogP contribution is -2.11. The number of halogens is 1. The van der Waals surface area contributed by atoms with Crippen LogP contribution < -0.4 is 5.32 Å². The number of carbonyl (C=O) groups is 1. The summed E-state index contributed by atoms with van der Waals surface area (Å²) in [6.45, 7) is 1.76. The molecule has 24 heavy (non-hydrogen) atoms. The van der Waals surface area contributed by atoms with Gasteiger partial charge in [-0.2, -0.15) is 10.1 Å². The largest absolute Gasteiger partial charge is 0.339 e. The zero-order valence-electron chi connectivity index (χ0n) is 13.1. The van der Waals surface area contributed by atoms with Crippen LogP contribution in [0.1, 0.15) is 24.6 Å². The van der Waals surface area contributed by atoms with E-state index in [1.807, 2.05) is 18.2 Å². The second kappa shape index (κ2) is 7.27. The van der Waals surface area contributed by atoms with Gasteiger partial charge in [0.2, 0.25) is 11.8 Å². The van der Waals surface area contributed by atoms with Crippen LogP contribution in [0.2, 0.25) is 5.02 Å². The van der Waals surface area contributed by atoms with Crippen LogP contribution in [0.15, 0.2) is 41.2 Å². The van der Waals surface area contributed by atoms with Gasteiger partial charge in [0.25, 0.3) is 0 Å². The SMILES string of the molecule is Cc1noc(CCCC(=O)Nc2cnn(-c3ccccc3Cl)c2)n1. The number of anilines is 1. The molecular weight excluding hydrogens is 330 g/mol. The molecular formula is C16H16ClN5O2. The van der Waals surface area contributed by atoms with Crippen LogP contribution in [0, 0.1) is 6.92 Å². The zero-order valence-corrected chi connectivity index (χ0v) is 13.8. The molecule has 0 atom stereocenters. The maximum atomic E-state index is 12.0. The molecule has 8 heteroatoms. The summed E-state index contributed by atoms with van der Waals surface area (Å²) >= 11 is 6.13. The van der Waals surface area contributed by atoms with E-state index in [4.69, 9.17) is 16.1 Å². The summed E-state index contributed by atoms with van der Waals surface area (Å²) in [5, 5.41) is 11.3. The standard InChI is InChI=1S/C16H16ClN5O2/c1-11-19-16(24-21-11)8-4-7-15(23)20-12-9-18-22(10-12)14-6-3-2-5-13(14)17/h2-3,5-6,9-10H,4,7-8H2,1H3,(H,20,23). The quantitative estimate of drug-likeness (QED) is 0.741.